The maximum absolute atomic E-state index is 12.8. The lowest BCUT2D eigenvalue weighted by Crippen LogP contribution is -2.20. The molecule has 4 N–H and O–H groups in total. The van der Waals surface area contributed by atoms with Crippen LogP contribution >= 0.6 is 0 Å². The van der Waals surface area contributed by atoms with Gasteiger partial charge in [0.2, 0.25) is 5.91 Å². The number of carbonyl (C=O) groups excluding carboxylic acids is 2. The smallest absolute Gasteiger partial charge is 0.254 e. The summed E-state index contributed by atoms with van der Waals surface area (Å²) in [6.07, 6.45) is 5.47. The van der Waals surface area contributed by atoms with Crippen LogP contribution in [0.15, 0.2) is 53.7 Å². The van der Waals surface area contributed by atoms with Crippen molar-refractivity contribution < 1.29 is 22.6 Å². The van der Waals surface area contributed by atoms with Gasteiger partial charge in [0, 0.05) is 47.3 Å². The zero-order chi connectivity index (χ0) is 27.7. The molecule has 0 radical (unpaired) electrons. The van der Waals surface area contributed by atoms with Crippen LogP contribution < -0.4 is 20.7 Å². The molecule has 0 spiro atoms. The fourth-order valence-electron chi connectivity index (χ4n) is 3.42. The maximum atomic E-state index is 12.8. The normalized spacial score (nSPS) is 16.1. The topological polar surface area (TPSA) is 146 Å². The molecule has 0 aliphatic heterocycles. The number of hydrogen-bond acceptors (Lipinski definition) is 8. The zero-order valence-corrected chi connectivity index (χ0v) is 19.9. The summed E-state index contributed by atoms with van der Waals surface area (Å²) in [5, 5.41) is 7.76. The number of benzene rings is 1. The highest BCUT2D eigenvalue weighted by atomic mass is 32.2. The molecule has 1 atom stereocenters. The summed E-state index contributed by atoms with van der Waals surface area (Å²) in [6, 6.07) is 9.80. The predicted octanol–water partition coefficient (Wildman–Crippen LogP) is 3.64. The quantitative estimate of drug-likeness (QED) is 0.372. The number of pyridine rings is 2. The second-order valence-corrected chi connectivity index (χ2v) is 10.2. The number of nitrogens with zero attached hydrogens (tertiary/aromatic N) is 2. The highest BCUT2D eigenvalue weighted by Crippen LogP contribution is 2.38. The van der Waals surface area contributed by atoms with Crippen LogP contribution in [0.4, 0.5) is 17.2 Å². The Morgan fingerprint density at radius 2 is 1.97 bits per heavy atom. The van der Waals surface area contributed by atoms with E-state index in [1.165, 1.54) is 31.8 Å². The van der Waals surface area contributed by atoms with E-state index in [1.54, 1.807) is 30.3 Å². The standard InChI is InChI=1S/C24H26N6O4S/c1-26-24(32)17-13-28-21(30-23(31)14-7-8-14)11-20(17)29-19-6-4-5-16(22(19)34-2)18-10-9-15(12-27-18)35(3,25)33/h4-6,9-14,25H,7-8H2,1-3H3,(H,26,32)(H2,28,29,30,31)/i1D3. The Hall–Kier alpha value is -3.99. The number of ether oxygens (including phenoxy) is 1. The Morgan fingerprint density at radius 1 is 1.17 bits per heavy atom. The van der Waals surface area contributed by atoms with E-state index in [-0.39, 0.29) is 33.8 Å². The molecule has 1 aromatic carbocycles. The minimum Gasteiger partial charge on any atom is -0.494 e. The number of rotatable bonds is 8. The van der Waals surface area contributed by atoms with E-state index < -0.39 is 22.6 Å². The number of para-hydroxylation sites is 1. The van der Waals surface area contributed by atoms with Crippen molar-refractivity contribution in [1.82, 2.24) is 15.3 Å². The van der Waals surface area contributed by atoms with E-state index in [0.29, 0.717) is 22.7 Å². The van der Waals surface area contributed by atoms with Gasteiger partial charge in [-0.3, -0.25) is 14.6 Å². The lowest BCUT2D eigenvalue weighted by atomic mass is 10.1. The van der Waals surface area contributed by atoms with Gasteiger partial charge in [-0.05, 0) is 37.1 Å². The van der Waals surface area contributed by atoms with Gasteiger partial charge < -0.3 is 20.7 Å². The molecule has 1 fully saturated rings. The van der Waals surface area contributed by atoms with Crippen molar-refractivity contribution in [3.8, 4) is 17.0 Å². The van der Waals surface area contributed by atoms with E-state index in [0.717, 1.165) is 12.8 Å². The zero-order valence-electron chi connectivity index (χ0n) is 22.0. The first kappa shape index (κ1) is 20.4. The van der Waals surface area contributed by atoms with Crippen molar-refractivity contribution in [2.24, 2.45) is 5.92 Å². The van der Waals surface area contributed by atoms with Crippen LogP contribution in [0.25, 0.3) is 11.3 Å². The number of amides is 2. The van der Waals surface area contributed by atoms with Gasteiger partial charge in [-0.25, -0.2) is 14.0 Å². The lowest BCUT2D eigenvalue weighted by Gasteiger charge is -2.17. The van der Waals surface area contributed by atoms with E-state index in [9.17, 15) is 13.8 Å². The number of nitrogens with one attached hydrogen (secondary N) is 4. The second-order valence-electron chi connectivity index (χ2n) is 8.07. The van der Waals surface area contributed by atoms with E-state index in [4.69, 9.17) is 13.6 Å². The number of anilines is 3. The van der Waals surface area contributed by atoms with Crippen molar-refractivity contribution >= 4 is 38.7 Å². The van der Waals surface area contributed by atoms with Crippen LogP contribution in [-0.4, -0.2) is 46.3 Å². The van der Waals surface area contributed by atoms with Gasteiger partial charge >= 0.3 is 0 Å². The summed E-state index contributed by atoms with van der Waals surface area (Å²) in [7, 11) is -1.47. The molecule has 1 saturated carbocycles. The first-order valence-electron chi connectivity index (χ1n) is 12.1. The van der Waals surface area contributed by atoms with Crippen molar-refractivity contribution in [3.05, 3.63) is 54.4 Å². The van der Waals surface area contributed by atoms with Gasteiger partial charge in [0.15, 0.2) is 5.75 Å². The van der Waals surface area contributed by atoms with Crippen molar-refractivity contribution in [2.75, 3.05) is 31.0 Å². The monoisotopic (exact) mass is 497 g/mol. The van der Waals surface area contributed by atoms with E-state index >= 15 is 0 Å². The number of aromatic nitrogens is 2. The molecule has 4 rings (SSSR count). The minimum absolute atomic E-state index is 0.0615. The molecule has 2 aromatic heterocycles. The van der Waals surface area contributed by atoms with Crippen LogP contribution in [0.5, 0.6) is 5.75 Å². The SMILES string of the molecule is [2H]C([2H])([2H])NC(=O)c1cnc(NC(=O)C2CC2)cc1Nc1cccc(-c2ccc(S(C)(=N)=O)cn2)c1OC. The van der Waals surface area contributed by atoms with Crippen LogP contribution in [0.3, 0.4) is 0 Å². The molecule has 1 aliphatic rings. The van der Waals surface area contributed by atoms with Gasteiger partial charge in [0.05, 0.1) is 44.4 Å². The van der Waals surface area contributed by atoms with Crippen LogP contribution in [0.2, 0.25) is 0 Å². The third-order valence-corrected chi connectivity index (χ3v) is 6.55. The first-order valence-corrected chi connectivity index (χ1v) is 12.6. The Morgan fingerprint density at radius 3 is 2.60 bits per heavy atom. The molecule has 3 aromatic rings. The summed E-state index contributed by atoms with van der Waals surface area (Å²) in [4.78, 5) is 33.8. The van der Waals surface area contributed by atoms with Gasteiger partial charge in [0.1, 0.15) is 5.82 Å². The Bertz CT molecular complexity index is 1490. The van der Waals surface area contributed by atoms with Crippen LogP contribution in [-0.2, 0) is 14.5 Å². The van der Waals surface area contributed by atoms with Crippen molar-refractivity contribution in [3.63, 3.8) is 0 Å². The number of methoxy groups -OCH3 is 1. The molecule has 10 nitrogen and oxygen atoms in total. The van der Waals surface area contributed by atoms with Gasteiger partial charge in [-0.2, -0.15) is 0 Å². The Kier molecular flexibility index (Phi) is 5.65. The molecular formula is C24H26N6O4S. The molecule has 35 heavy (non-hydrogen) atoms. The minimum atomic E-state index is -2.93. The summed E-state index contributed by atoms with van der Waals surface area (Å²) in [6.45, 7) is -2.72. The van der Waals surface area contributed by atoms with E-state index in [1.807, 2.05) is 5.32 Å². The van der Waals surface area contributed by atoms with E-state index in [2.05, 4.69) is 20.6 Å². The second kappa shape index (κ2) is 9.71. The molecule has 0 saturated heterocycles. The maximum Gasteiger partial charge on any atom is 0.254 e. The average Bonchev–Trinajstić information content (AvgIpc) is 3.68. The largest absolute Gasteiger partial charge is 0.494 e. The summed E-state index contributed by atoms with van der Waals surface area (Å²) in [5.74, 6) is -0.579. The van der Waals surface area contributed by atoms with Gasteiger partial charge in [-0.1, -0.05) is 6.07 Å². The molecule has 1 aliphatic carbocycles. The Labute approximate surface area is 207 Å². The molecule has 2 amide bonds. The third-order valence-electron chi connectivity index (χ3n) is 5.41. The first-order chi connectivity index (χ1) is 17.9. The third kappa shape index (κ3) is 5.40. The fourth-order valence-corrected chi connectivity index (χ4v) is 4.00. The average molecular weight is 498 g/mol. The predicted molar refractivity (Wildman–Crippen MR) is 134 cm³/mol. The molecule has 0 bridgehead atoms. The molecule has 182 valence electrons. The molecular weight excluding hydrogens is 468 g/mol. The fraction of sp³-hybridized carbons (Fsp3) is 0.250. The van der Waals surface area contributed by atoms with Gasteiger partial charge in [0.25, 0.3) is 5.91 Å². The van der Waals surface area contributed by atoms with Crippen molar-refractivity contribution in [2.45, 2.75) is 17.7 Å². The Balaban J connectivity index is 1.73. The van der Waals surface area contributed by atoms with Crippen LogP contribution in [0.1, 0.15) is 27.3 Å². The lowest BCUT2D eigenvalue weighted by molar-refractivity contribution is -0.117. The molecule has 1 unspecified atom stereocenters. The number of carbonyl (C=O) groups is 2. The highest BCUT2D eigenvalue weighted by Gasteiger charge is 2.30. The van der Waals surface area contributed by atoms with Gasteiger partial charge in [-0.15, -0.1) is 0 Å². The summed E-state index contributed by atoms with van der Waals surface area (Å²) < 4.78 is 47.5. The molecule has 2 heterocycles. The summed E-state index contributed by atoms with van der Waals surface area (Å²) in [5.41, 5.74) is 1.61. The highest BCUT2D eigenvalue weighted by molar-refractivity contribution is 7.91. The van der Waals surface area contributed by atoms with Crippen molar-refractivity contribution in [1.29, 1.82) is 4.78 Å². The van der Waals surface area contributed by atoms with Crippen LogP contribution in [0, 0.1) is 10.7 Å². The summed E-state index contributed by atoms with van der Waals surface area (Å²) >= 11 is 0. The number of hydrogen-bond donors (Lipinski definition) is 4. The molecule has 11 heteroatoms.